The van der Waals surface area contributed by atoms with Crippen LogP contribution in [-0.2, 0) is 10.0 Å². The number of urea groups is 1. The van der Waals surface area contributed by atoms with Crippen molar-refractivity contribution in [1.82, 2.24) is 10.0 Å². The fourth-order valence-electron chi connectivity index (χ4n) is 1.25. The maximum atomic E-state index is 11.7. The van der Waals surface area contributed by atoms with Crippen molar-refractivity contribution < 1.29 is 18.0 Å². The van der Waals surface area contributed by atoms with E-state index in [0.717, 1.165) is 0 Å². The van der Waals surface area contributed by atoms with Gasteiger partial charge in [-0.05, 0) is 26.0 Å². The number of hydrogen-bond donors (Lipinski definition) is 2. The van der Waals surface area contributed by atoms with Crippen molar-refractivity contribution in [3.05, 3.63) is 29.8 Å². The molecule has 0 spiro atoms. The van der Waals surface area contributed by atoms with Crippen molar-refractivity contribution in [3.8, 4) is 0 Å². The Balaban J connectivity index is 2.92. The van der Waals surface area contributed by atoms with E-state index >= 15 is 0 Å². The molecule has 0 aliphatic heterocycles. The Morgan fingerprint density at radius 2 is 1.72 bits per heavy atom. The molecule has 0 aromatic heterocycles. The Bertz CT molecular complexity index is 549. The van der Waals surface area contributed by atoms with E-state index in [0.29, 0.717) is 12.1 Å². The molecule has 18 heavy (non-hydrogen) atoms. The molecule has 0 aliphatic rings. The first-order valence-corrected chi connectivity index (χ1v) is 6.77. The SMILES string of the molecule is CCNC(=O)NS(=O)(=O)c1ccc(C(C)=O)cc1. The topological polar surface area (TPSA) is 92.3 Å². The van der Waals surface area contributed by atoms with E-state index in [1.807, 2.05) is 4.72 Å². The van der Waals surface area contributed by atoms with E-state index in [1.54, 1.807) is 6.92 Å². The van der Waals surface area contributed by atoms with E-state index in [-0.39, 0.29) is 10.7 Å². The lowest BCUT2D eigenvalue weighted by atomic mass is 10.2. The quantitative estimate of drug-likeness (QED) is 0.795. The Morgan fingerprint density at radius 1 is 1.17 bits per heavy atom. The van der Waals surface area contributed by atoms with Crippen molar-refractivity contribution in [2.24, 2.45) is 0 Å². The average Bonchev–Trinajstić information content (AvgIpc) is 2.28. The predicted molar refractivity (Wildman–Crippen MR) is 65.8 cm³/mol. The minimum absolute atomic E-state index is 0.0706. The Labute approximate surface area is 105 Å². The maximum Gasteiger partial charge on any atom is 0.328 e. The van der Waals surface area contributed by atoms with Gasteiger partial charge in [-0.2, -0.15) is 0 Å². The predicted octanol–water partition coefficient (Wildman–Crippen LogP) is 0.897. The fraction of sp³-hybridized carbons (Fsp3) is 0.273. The molecule has 1 aromatic carbocycles. The average molecular weight is 270 g/mol. The van der Waals surface area contributed by atoms with E-state index in [9.17, 15) is 18.0 Å². The van der Waals surface area contributed by atoms with Gasteiger partial charge in [0.15, 0.2) is 5.78 Å². The van der Waals surface area contributed by atoms with Crippen molar-refractivity contribution in [2.45, 2.75) is 18.7 Å². The lowest BCUT2D eigenvalue weighted by molar-refractivity contribution is 0.101. The second-order valence-corrected chi connectivity index (χ2v) is 5.23. The van der Waals surface area contributed by atoms with Crippen molar-refractivity contribution in [2.75, 3.05) is 6.54 Å². The normalized spacial score (nSPS) is 10.8. The van der Waals surface area contributed by atoms with Gasteiger partial charge in [0.1, 0.15) is 0 Å². The second-order valence-electron chi connectivity index (χ2n) is 3.55. The highest BCUT2D eigenvalue weighted by atomic mass is 32.2. The summed E-state index contributed by atoms with van der Waals surface area (Å²) in [6.07, 6.45) is 0. The second kappa shape index (κ2) is 5.63. The molecular weight excluding hydrogens is 256 g/mol. The van der Waals surface area contributed by atoms with Gasteiger partial charge in [-0.3, -0.25) is 4.79 Å². The van der Waals surface area contributed by atoms with E-state index in [4.69, 9.17) is 0 Å². The van der Waals surface area contributed by atoms with Gasteiger partial charge in [-0.1, -0.05) is 12.1 Å². The highest BCUT2D eigenvalue weighted by Crippen LogP contribution is 2.10. The molecule has 0 aliphatic carbocycles. The van der Waals surface area contributed by atoms with Crippen LogP contribution in [0, 0.1) is 0 Å². The molecule has 1 aromatic rings. The van der Waals surface area contributed by atoms with Crippen LogP contribution in [0.15, 0.2) is 29.2 Å². The molecular formula is C11H14N2O4S. The number of nitrogens with one attached hydrogen (secondary N) is 2. The van der Waals surface area contributed by atoms with Gasteiger partial charge >= 0.3 is 6.03 Å². The summed E-state index contributed by atoms with van der Waals surface area (Å²) in [4.78, 5) is 22.1. The van der Waals surface area contributed by atoms with Gasteiger partial charge in [0.05, 0.1) is 4.90 Å². The molecule has 0 unspecified atom stereocenters. The van der Waals surface area contributed by atoms with Crippen molar-refractivity contribution in [3.63, 3.8) is 0 Å². The van der Waals surface area contributed by atoms with Gasteiger partial charge in [0.25, 0.3) is 10.0 Å². The number of amides is 2. The number of benzene rings is 1. The molecule has 2 N–H and O–H groups in total. The van der Waals surface area contributed by atoms with Gasteiger partial charge in [0, 0.05) is 12.1 Å². The number of rotatable bonds is 4. The molecule has 7 heteroatoms. The number of Topliss-reactive ketones (excluding diaryl/α,β-unsaturated/α-hetero) is 1. The highest BCUT2D eigenvalue weighted by molar-refractivity contribution is 7.90. The van der Waals surface area contributed by atoms with Crippen LogP contribution in [0.3, 0.4) is 0 Å². The number of carbonyl (C=O) groups is 2. The van der Waals surface area contributed by atoms with Crippen LogP contribution in [0.1, 0.15) is 24.2 Å². The lowest BCUT2D eigenvalue weighted by Gasteiger charge is -2.07. The zero-order valence-electron chi connectivity index (χ0n) is 10.1. The van der Waals surface area contributed by atoms with Crippen molar-refractivity contribution in [1.29, 1.82) is 0 Å². The molecule has 0 fully saturated rings. The van der Waals surface area contributed by atoms with Crippen LogP contribution < -0.4 is 10.0 Å². The number of ketones is 1. The smallest absolute Gasteiger partial charge is 0.328 e. The monoisotopic (exact) mass is 270 g/mol. The van der Waals surface area contributed by atoms with Crippen molar-refractivity contribution >= 4 is 21.8 Å². The van der Waals surface area contributed by atoms with Gasteiger partial charge in [0.2, 0.25) is 0 Å². The maximum absolute atomic E-state index is 11.7. The molecule has 1 rings (SSSR count). The molecule has 0 radical (unpaired) electrons. The van der Waals surface area contributed by atoms with E-state index in [1.165, 1.54) is 31.2 Å². The summed E-state index contributed by atoms with van der Waals surface area (Å²) in [6, 6.07) is 4.56. The highest BCUT2D eigenvalue weighted by Gasteiger charge is 2.17. The Hall–Kier alpha value is -1.89. The molecule has 2 amide bonds. The summed E-state index contributed by atoms with van der Waals surface area (Å²) in [7, 11) is -3.90. The molecule has 0 atom stereocenters. The zero-order valence-corrected chi connectivity index (χ0v) is 10.9. The molecule has 98 valence electrons. The number of sulfonamides is 1. The fourth-order valence-corrected chi connectivity index (χ4v) is 2.17. The zero-order chi connectivity index (χ0) is 13.8. The first-order valence-electron chi connectivity index (χ1n) is 5.28. The summed E-state index contributed by atoms with van der Waals surface area (Å²) < 4.78 is 25.3. The summed E-state index contributed by atoms with van der Waals surface area (Å²) in [5, 5.41) is 2.32. The van der Waals surface area contributed by atoms with E-state index < -0.39 is 16.1 Å². The third-order valence-electron chi connectivity index (χ3n) is 2.14. The largest absolute Gasteiger partial charge is 0.338 e. The summed E-state index contributed by atoms with van der Waals surface area (Å²) in [5.74, 6) is -0.157. The molecule has 0 heterocycles. The van der Waals surface area contributed by atoms with Crippen LogP contribution in [-0.4, -0.2) is 26.8 Å². The minimum atomic E-state index is -3.90. The van der Waals surface area contributed by atoms with Gasteiger partial charge in [-0.15, -0.1) is 0 Å². The standard InChI is InChI=1S/C11H14N2O4S/c1-3-12-11(15)13-18(16,17)10-6-4-9(5-7-10)8(2)14/h4-7H,3H2,1-2H3,(H2,12,13,15). The van der Waals surface area contributed by atoms with Gasteiger partial charge < -0.3 is 5.32 Å². The van der Waals surface area contributed by atoms with E-state index in [2.05, 4.69) is 5.32 Å². The van der Waals surface area contributed by atoms with Crippen LogP contribution in [0.2, 0.25) is 0 Å². The summed E-state index contributed by atoms with van der Waals surface area (Å²) >= 11 is 0. The minimum Gasteiger partial charge on any atom is -0.338 e. The first-order chi connectivity index (χ1) is 8.36. The Kier molecular flexibility index (Phi) is 4.43. The van der Waals surface area contributed by atoms with Gasteiger partial charge in [-0.25, -0.2) is 17.9 Å². The number of hydrogen-bond acceptors (Lipinski definition) is 4. The van der Waals surface area contributed by atoms with Crippen LogP contribution >= 0.6 is 0 Å². The van der Waals surface area contributed by atoms with Crippen LogP contribution in [0.4, 0.5) is 4.79 Å². The van der Waals surface area contributed by atoms with Crippen LogP contribution in [0.25, 0.3) is 0 Å². The molecule has 0 saturated heterocycles. The Morgan fingerprint density at radius 3 is 2.17 bits per heavy atom. The number of carbonyl (C=O) groups excluding carboxylic acids is 2. The molecule has 6 nitrogen and oxygen atoms in total. The first kappa shape index (κ1) is 14.2. The summed E-state index contributed by atoms with van der Waals surface area (Å²) in [5.41, 5.74) is 0.409. The lowest BCUT2D eigenvalue weighted by Crippen LogP contribution is -2.39. The van der Waals surface area contributed by atoms with Crippen LogP contribution in [0.5, 0.6) is 0 Å². The molecule has 0 bridgehead atoms. The third-order valence-corrected chi connectivity index (χ3v) is 3.48. The molecule has 0 saturated carbocycles. The summed E-state index contributed by atoms with van der Waals surface area (Å²) in [6.45, 7) is 3.38. The third kappa shape index (κ3) is 3.56.